The van der Waals surface area contributed by atoms with Crippen molar-refractivity contribution in [3.63, 3.8) is 0 Å². The summed E-state index contributed by atoms with van der Waals surface area (Å²) in [5, 5.41) is 2.74. The predicted molar refractivity (Wildman–Crippen MR) is 93.0 cm³/mol. The zero-order valence-corrected chi connectivity index (χ0v) is 14.6. The van der Waals surface area contributed by atoms with Gasteiger partial charge in [-0.15, -0.1) is 11.3 Å². The molecule has 1 aromatic carbocycles. The number of piperidine rings is 1. The number of rotatable bonds is 3. The number of likely N-dealkylation sites (tertiary alicyclic amines) is 1. The molecular weight excluding hydrogens is 308 g/mol. The van der Waals surface area contributed by atoms with Gasteiger partial charge in [0.15, 0.2) is 0 Å². The van der Waals surface area contributed by atoms with E-state index in [1.54, 1.807) is 7.11 Å². The largest absolute Gasteiger partial charge is 0.497 e. The number of carbonyl (C=O) groups is 1. The number of thiazole rings is 1. The Morgan fingerprint density at radius 1 is 1.22 bits per heavy atom. The molecule has 1 aromatic heterocycles. The van der Waals surface area contributed by atoms with E-state index in [1.165, 1.54) is 17.8 Å². The van der Waals surface area contributed by atoms with Crippen LogP contribution < -0.4 is 4.74 Å². The summed E-state index contributed by atoms with van der Waals surface area (Å²) in [6.45, 7) is 6.08. The molecule has 1 aliphatic rings. The molecule has 4 nitrogen and oxygen atoms in total. The fourth-order valence-electron chi connectivity index (χ4n) is 3.23. The van der Waals surface area contributed by atoms with Crippen LogP contribution in [0.25, 0.3) is 10.6 Å². The minimum absolute atomic E-state index is 0.0550. The molecule has 2 atom stereocenters. The van der Waals surface area contributed by atoms with Crippen molar-refractivity contribution in [1.29, 1.82) is 0 Å². The first-order chi connectivity index (χ1) is 11.1. The molecule has 5 heteroatoms. The zero-order valence-electron chi connectivity index (χ0n) is 13.8. The van der Waals surface area contributed by atoms with Gasteiger partial charge in [0.25, 0.3) is 5.91 Å². The number of benzene rings is 1. The van der Waals surface area contributed by atoms with Crippen molar-refractivity contribution in [2.24, 2.45) is 11.8 Å². The Labute approximate surface area is 141 Å². The number of hydrogen-bond acceptors (Lipinski definition) is 4. The Balaban J connectivity index is 1.76. The summed E-state index contributed by atoms with van der Waals surface area (Å²) in [4.78, 5) is 19.2. The zero-order chi connectivity index (χ0) is 16.4. The lowest BCUT2D eigenvalue weighted by molar-refractivity contribution is 0.0618. The van der Waals surface area contributed by atoms with Crippen LogP contribution in [-0.2, 0) is 0 Å². The lowest BCUT2D eigenvalue weighted by atomic mass is 9.92. The smallest absolute Gasteiger partial charge is 0.273 e. The van der Waals surface area contributed by atoms with E-state index >= 15 is 0 Å². The lowest BCUT2D eigenvalue weighted by Gasteiger charge is -2.34. The van der Waals surface area contributed by atoms with Crippen LogP contribution in [-0.4, -0.2) is 36.0 Å². The van der Waals surface area contributed by atoms with Gasteiger partial charge in [0.05, 0.1) is 7.11 Å². The number of ether oxygens (including phenoxy) is 1. The van der Waals surface area contributed by atoms with Gasteiger partial charge in [0, 0.05) is 24.0 Å². The molecule has 0 radical (unpaired) electrons. The molecule has 0 spiro atoms. The summed E-state index contributed by atoms with van der Waals surface area (Å²) >= 11 is 1.51. The van der Waals surface area contributed by atoms with E-state index in [4.69, 9.17) is 4.74 Å². The average Bonchev–Trinajstić information content (AvgIpc) is 3.03. The van der Waals surface area contributed by atoms with Gasteiger partial charge in [0.2, 0.25) is 0 Å². The SMILES string of the molecule is COc1ccc(-c2nc(C(=O)N3CC(C)CC(C)C3)cs2)cc1. The maximum absolute atomic E-state index is 12.7. The second kappa shape index (κ2) is 6.71. The van der Waals surface area contributed by atoms with Gasteiger partial charge in [-0.25, -0.2) is 4.98 Å². The van der Waals surface area contributed by atoms with Gasteiger partial charge in [-0.2, -0.15) is 0 Å². The second-order valence-corrected chi connectivity index (χ2v) is 7.28. The number of aromatic nitrogens is 1. The normalized spacial score (nSPS) is 21.3. The minimum Gasteiger partial charge on any atom is -0.497 e. The first-order valence-electron chi connectivity index (χ1n) is 7.96. The molecule has 1 saturated heterocycles. The summed E-state index contributed by atoms with van der Waals surface area (Å²) < 4.78 is 5.17. The third kappa shape index (κ3) is 3.55. The molecular formula is C18H22N2O2S. The van der Waals surface area contributed by atoms with Gasteiger partial charge in [0.1, 0.15) is 16.5 Å². The molecule has 2 heterocycles. The molecule has 0 bridgehead atoms. The van der Waals surface area contributed by atoms with Crippen LogP contribution in [0.15, 0.2) is 29.6 Å². The Morgan fingerprint density at radius 3 is 2.48 bits per heavy atom. The quantitative estimate of drug-likeness (QED) is 0.856. The van der Waals surface area contributed by atoms with Crippen LogP contribution in [0.2, 0.25) is 0 Å². The first-order valence-corrected chi connectivity index (χ1v) is 8.84. The Morgan fingerprint density at radius 2 is 1.87 bits per heavy atom. The van der Waals surface area contributed by atoms with Crippen molar-refractivity contribution in [3.8, 4) is 16.3 Å². The van der Waals surface area contributed by atoms with E-state index in [1.807, 2.05) is 34.5 Å². The van der Waals surface area contributed by atoms with E-state index in [9.17, 15) is 4.79 Å². The second-order valence-electron chi connectivity index (χ2n) is 6.42. The molecule has 23 heavy (non-hydrogen) atoms. The van der Waals surface area contributed by atoms with Crippen molar-refractivity contribution < 1.29 is 9.53 Å². The fraction of sp³-hybridized carbons (Fsp3) is 0.444. The van der Waals surface area contributed by atoms with Gasteiger partial charge < -0.3 is 9.64 Å². The molecule has 0 aliphatic carbocycles. The predicted octanol–water partition coefficient (Wildman–Crippen LogP) is 3.94. The standard InChI is InChI=1S/C18H22N2O2S/c1-12-8-13(2)10-20(9-12)18(21)16-11-23-17(19-16)14-4-6-15(22-3)7-5-14/h4-7,11-13H,8-10H2,1-3H3. The molecule has 0 saturated carbocycles. The molecule has 2 aromatic rings. The van der Waals surface area contributed by atoms with Crippen LogP contribution in [0.5, 0.6) is 5.75 Å². The average molecular weight is 330 g/mol. The number of methoxy groups -OCH3 is 1. The van der Waals surface area contributed by atoms with Gasteiger partial charge in [-0.3, -0.25) is 4.79 Å². The van der Waals surface area contributed by atoms with Crippen LogP contribution in [0, 0.1) is 11.8 Å². The van der Waals surface area contributed by atoms with E-state index in [-0.39, 0.29) is 5.91 Å². The third-order valence-corrected chi connectivity index (χ3v) is 5.11. The van der Waals surface area contributed by atoms with E-state index in [0.29, 0.717) is 17.5 Å². The molecule has 122 valence electrons. The fourth-order valence-corrected chi connectivity index (χ4v) is 4.03. The highest BCUT2D eigenvalue weighted by Crippen LogP contribution is 2.27. The van der Waals surface area contributed by atoms with Gasteiger partial charge in [-0.1, -0.05) is 13.8 Å². The summed E-state index contributed by atoms with van der Waals surface area (Å²) in [5.41, 5.74) is 1.57. The topological polar surface area (TPSA) is 42.4 Å². The Bertz CT molecular complexity index is 671. The highest BCUT2D eigenvalue weighted by atomic mass is 32.1. The molecule has 1 amide bonds. The van der Waals surface area contributed by atoms with E-state index < -0.39 is 0 Å². The first kappa shape index (κ1) is 16.0. The van der Waals surface area contributed by atoms with Crippen molar-refractivity contribution in [1.82, 2.24) is 9.88 Å². The van der Waals surface area contributed by atoms with E-state index in [0.717, 1.165) is 29.4 Å². The Kier molecular flexibility index (Phi) is 4.66. The third-order valence-electron chi connectivity index (χ3n) is 4.22. The molecule has 2 unspecified atom stereocenters. The maximum Gasteiger partial charge on any atom is 0.273 e. The Hall–Kier alpha value is -1.88. The van der Waals surface area contributed by atoms with Crippen LogP contribution in [0.4, 0.5) is 0 Å². The van der Waals surface area contributed by atoms with Gasteiger partial charge >= 0.3 is 0 Å². The van der Waals surface area contributed by atoms with Crippen molar-refractivity contribution >= 4 is 17.2 Å². The summed E-state index contributed by atoms with van der Waals surface area (Å²) in [5.74, 6) is 1.99. The number of nitrogens with zero attached hydrogens (tertiary/aromatic N) is 2. The molecule has 1 aliphatic heterocycles. The van der Waals surface area contributed by atoms with Crippen molar-refractivity contribution in [3.05, 3.63) is 35.3 Å². The summed E-state index contributed by atoms with van der Waals surface area (Å²) in [6, 6.07) is 7.76. The van der Waals surface area contributed by atoms with Crippen molar-refractivity contribution in [2.75, 3.05) is 20.2 Å². The lowest BCUT2D eigenvalue weighted by Crippen LogP contribution is -2.42. The molecule has 1 fully saturated rings. The monoisotopic (exact) mass is 330 g/mol. The number of hydrogen-bond donors (Lipinski definition) is 0. The summed E-state index contributed by atoms with van der Waals surface area (Å²) in [7, 11) is 1.65. The highest BCUT2D eigenvalue weighted by Gasteiger charge is 2.27. The number of amides is 1. The number of carbonyl (C=O) groups excluding carboxylic acids is 1. The highest BCUT2D eigenvalue weighted by molar-refractivity contribution is 7.13. The van der Waals surface area contributed by atoms with Crippen LogP contribution in [0.3, 0.4) is 0 Å². The van der Waals surface area contributed by atoms with Crippen LogP contribution >= 0.6 is 11.3 Å². The molecule has 3 rings (SSSR count). The van der Waals surface area contributed by atoms with Crippen LogP contribution in [0.1, 0.15) is 30.8 Å². The molecule has 0 N–H and O–H groups in total. The van der Waals surface area contributed by atoms with Gasteiger partial charge in [-0.05, 0) is 42.5 Å². The summed E-state index contributed by atoms with van der Waals surface area (Å²) in [6.07, 6.45) is 1.19. The van der Waals surface area contributed by atoms with E-state index in [2.05, 4.69) is 18.8 Å². The van der Waals surface area contributed by atoms with Crippen molar-refractivity contribution in [2.45, 2.75) is 20.3 Å². The maximum atomic E-state index is 12.7. The minimum atomic E-state index is 0.0550.